The second-order valence-corrected chi connectivity index (χ2v) is 10.3. The average Bonchev–Trinajstić information content (AvgIpc) is 3.41. The maximum absolute atomic E-state index is 13.2. The number of H-pyrrole nitrogens is 1. The van der Waals surface area contributed by atoms with E-state index in [1.165, 1.54) is 22.3 Å². The Morgan fingerprint density at radius 1 is 0.897 bits per heavy atom. The molecule has 7 heteroatoms. The molecule has 0 bridgehead atoms. The molecule has 0 fully saturated rings. The van der Waals surface area contributed by atoms with Gasteiger partial charge in [0.25, 0.3) is 5.56 Å². The number of pyridine rings is 1. The number of aromatic nitrogens is 5. The summed E-state index contributed by atoms with van der Waals surface area (Å²) >= 11 is 0. The lowest BCUT2D eigenvalue weighted by molar-refractivity contribution is 0.171. The Morgan fingerprint density at radius 3 is 2.26 bits per heavy atom. The van der Waals surface area contributed by atoms with Crippen LogP contribution in [0.1, 0.15) is 53.0 Å². The van der Waals surface area contributed by atoms with Crippen LogP contribution in [-0.2, 0) is 25.9 Å². The predicted octanol–water partition coefficient (Wildman–Crippen LogP) is 5.57. The van der Waals surface area contributed by atoms with E-state index < -0.39 is 0 Å². The molecular formula is C32H36N6O. The molecule has 39 heavy (non-hydrogen) atoms. The van der Waals surface area contributed by atoms with Crippen LogP contribution in [0.5, 0.6) is 0 Å². The SMILES string of the molecule is CCC(c1nnnn1CCc1ccccc1)N(CCc1ccccc1)Cc1cc2cc(C)c(C)cc2[nH]c1=O. The van der Waals surface area contributed by atoms with Crippen molar-refractivity contribution in [1.29, 1.82) is 0 Å². The molecule has 7 nitrogen and oxygen atoms in total. The molecule has 1 atom stereocenters. The minimum atomic E-state index is -0.0472. The number of aryl methyl sites for hydroxylation is 4. The van der Waals surface area contributed by atoms with Crippen LogP contribution in [0, 0.1) is 13.8 Å². The molecule has 2 aromatic heterocycles. The lowest BCUT2D eigenvalue weighted by atomic mass is 10.0. The normalized spacial score (nSPS) is 12.3. The van der Waals surface area contributed by atoms with Crippen LogP contribution in [0.2, 0.25) is 0 Å². The van der Waals surface area contributed by atoms with Gasteiger partial charge in [-0.15, -0.1) is 5.10 Å². The monoisotopic (exact) mass is 520 g/mol. The minimum Gasteiger partial charge on any atom is -0.322 e. The maximum atomic E-state index is 13.2. The highest BCUT2D eigenvalue weighted by molar-refractivity contribution is 5.80. The molecule has 200 valence electrons. The number of benzene rings is 3. The number of aromatic amines is 1. The molecule has 0 saturated heterocycles. The highest BCUT2D eigenvalue weighted by Gasteiger charge is 2.25. The molecule has 2 heterocycles. The Morgan fingerprint density at radius 2 is 1.56 bits per heavy atom. The van der Waals surface area contributed by atoms with E-state index in [4.69, 9.17) is 0 Å². The van der Waals surface area contributed by atoms with Crippen LogP contribution in [0.3, 0.4) is 0 Å². The van der Waals surface area contributed by atoms with Gasteiger partial charge in [0.1, 0.15) is 0 Å². The Hall–Kier alpha value is -4.10. The number of rotatable bonds is 11. The summed E-state index contributed by atoms with van der Waals surface area (Å²) in [5.74, 6) is 0.838. The van der Waals surface area contributed by atoms with Crippen molar-refractivity contribution in [1.82, 2.24) is 30.1 Å². The van der Waals surface area contributed by atoms with E-state index in [0.717, 1.165) is 48.1 Å². The molecule has 0 radical (unpaired) electrons. The van der Waals surface area contributed by atoms with E-state index in [-0.39, 0.29) is 11.6 Å². The van der Waals surface area contributed by atoms with E-state index in [1.54, 1.807) is 0 Å². The molecule has 0 amide bonds. The van der Waals surface area contributed by atoms with Gasteiger partial charge in [-0.1, -0.05) is 67.6 Å². The molecule has 0 saturated carbocycles. The average molecular weight is 521 g/mol. The van der Waals surface area contributed by atoms with Gasteiger partial charge in [0.05, 0.1) is 6.04 Å². The third-order valence-corrected chi connectivity index (χ3v) is 7.58. The predicted molar refractivity (Wildman–Crippen MR) is 156 cm³/mol. The zero-order valence-electron chi connectivity index (χ0n) is 23.0. The third-order valence-electron chi connectivity index (χ3n) is 7.58. The summed E-state index contributed by atoms with van der Waals surface area (Å²) in [5.41, 5.74) is 6.48. The minimum absolute atomic E-state index is 0.0330. The number of fused-ring (bicyclic) bond motifs is 1. The van der Waals surface area contributed by atoms with Gasteiger partial charge in [0, 0.05) is 30.7 Å². The first kappa shape index (κ1) is 26.5. The van der Waals surface area contributed by atoms with Gasteiger partial charge in [0.2, 0.25) is 0 Å². The highest BCUT2D eigenvalue weighted by Crippen LogP contribution is 2.25. The van der Waals surface area contributed by atoms with Gasteiger partial charge >= 0.3 is 0 Å². The van der Waals surface area contributed by atoms with Crippen LogP contribution >= 0.6 is 0 Å². The first-order valence-corrected chi connectivity index (χ1v) is 13.7. The first-order chi connectivity index (χ1) is 19.0. The molecule has 5 aromatic rings. The maximum Gasteiger partial charge on any atom is 0.252 e. The molecule has 5 rings (SSSR count). The van der Waals surface area contributed by atoms with Gasteiger partial charge in [-0.2, -0.15) is 0 Å². The zero-order chi connectivity index (χ0) is 27.2. The second kappa shape index (κ2) is 12.2. The lowest BCUT2D eigenvalue weighted by Crippen LogP contribution is -2.34. The third kappa shape index (κ3) is 6.32. The Labute approximate surface area is 229 Å². The summed E-state index contributed by atoms with van der Waals surface area (Å²) in [6, 6.07) is 27.1. The summed E-state index contributed by atoms with van der Waals surface area (Å²) in [7, 11) is 0. The second-order valence-electron chi connectivity index (χ2n) is 10.3. The number of hydrogen-bond acceptors (Lipinski definition) is 5. The van der Waals surface area contributed by atoms with Crippen molar-refractivity contribution in [3.05, 3.63) is 123 Å². The van der Waals surface area contributed by atoms with Gasteiger partial charge in [-0.05, 0) is 89.4 Å². The fourth-order valence-corrected chi connectivity index (χ4v) is 5.21. The summed E-state index contributed by atoms with van der Waals surface area (Å²) < 4.78 is 1.92. The van der Waals surface area contributed by atoms with Crippen LogP contribution in [-0.4, -0.2) is 36.6 Å². The smallest absolute Gasteiger partial charge is 0.252 e. The van der Waals surface area contributed by atoms with E-state index in [2.05, 4.69) is 107 Å². The van der Waals surface area contributed by atoms with Crippen LogP contribution in [0.25, 0.3) is 10.9 Å². The molecule has 3 aromatic carbocycles. The Kier molecular flexibility index (Phi) is 8.27. The molecule has 1 unspecified atom stereocenters. The Balaban J connectivity index is 1.45. The van der Waals surface area contributed by atoms with Crippen molar-refractivity contribution >= 4 is 10.9 Å². The number of nitrogens with zero attached hydrogens (tertiary/aromatic N) is 5. The highest BCUT2D eigenvalue weighted by atomic mass is 16.1. The standard InChI is InChI=1S/C32H36N6O/c1-4-30(31-34-35-36-38(31)18-16-26-13-9-6-10-14-26)37(17-15-25-11-7-5-8-12-25)22-28-21-27-19-23(2)24(3)20-29(27)33-32(28)39/h5-14,19-21,30H,4,15-18,22H2,1-3H3,(H,33,39). The number of hydrogen-bond donors (Lipinski definition) is 1. The van der Waals surface area contributed by atoms with Crippen molar-refractivity contribution in [3.63, 3.8) is 0 Å². The van der Waals surface area contributed by atoms with Crippen molar-refractivity contribution in [2.75, 3.05) is 6.54 Å². The molecule has 1 N–H and O–H groups in total. The van der Waals surface area contributed by atoms with E-state index in [0.29, 0.717) is 13.1 Å². The molecule has 0 aliphatic rings. The van der Waals surface area contributed by atoms with Crippen LogP contribution in [0.4, 0.5) is 0 Å². The topological polar surface area (TPSA) is 79.7 Å². The summed E-state index contributed by atoms with van der Waals surface area (Å²) in [4.78, 5) is 18.7. The van der Waals surface area contributed by atoms with Crippen molar-refractivity contribution in [3.8, 4) is 0 Å². The fraction of sp³-hybridized carbons (Fsp3) is 0.312. The van der Waals surface area contributed by atoms with E-state index in [1.807, 2.05) is 22.9 Å². The number of tetrazole rings is 1. The van der Waals surface area contributed by atoms with Crippen molar-refractivity contribution in [2.24, 2.45) is 0 Å². The lowest BCUT2D eigenvalue weighted by Gasteiger charge is -2.30. The van der Waals surface area contributed by atoms with Crippen LogP contribution < -0.4 is 5.56 Å². The van der Waals surface area contributed by atoms with E-state index >= 15 is 0 Å². The van der Waals surface area contributed by atoms with E-state index in [9.17, 15) is 4.79 Å². The first-order valence-electron chi connectivity index (χ1n) is 13.7. The van der Waals surface area contributed by atoms with Gasteiger partial charge in [0.15, 0.2) is 5.82 Å². The molecule has 0 aliphatic carbocycles. The summed E-state index contributed by atoms with van der Waals surface area (Å²) in [5, 5.41) is 13.9. The molecular weight excluding hydrogens is 484 g/mol. The largest absolute Gasteiger partial charge is 0.322 e. The van der Waals surface area contributed by atoms with Gasteiger partial charge in [-0.25, -0.2) is 4.68 Å². The fourth-order valence-electron chi connectivity index (χ4n) is 5.21. The van der Waals surface area contributed by atoms with Crippen LogP contribution in [0.15, 0.2) is 83.7 Å². The molecule has 0 spiro atoms. The van der Waals surface area contributed by atoms with Crippen molar-refractivity contribution in [2.45, 2.75) is 59.2 Å². The zero-order valence-corrected chi connectivity index (χ0v) is 23.0. The summed E-state index contributed by atoms with van der Waals surface area (Å²) in [6.07, 6.45) is 2.54. The van der Waals surface area contributed by atoms with Gasteiger partial charge < -0.3 is 4.98 Å². The quantitative estimate of drug-likeness (QED) is 0.246. The molecule has 0 aliphatic heterocycles. The Bertz CT molecular complexity index is 1580. The summed E-state index contributed by atoms with van der Waals surface area (Å²) in [6.45, 7) is 8.32. The van der Waals surface area contributed by atoms with Crippen molar-refractivity contribution < 1.29 is 0 Å². The number of nitrogens with one attached hydrogen (secondary N) is 1. The van der Waals surface area contributed by atoms with Gasteiger partial charge in [-0.3, -0.25) is 9.69 Å².